The van der Waals surface area contributed by atoms with Crippen molar-refractivity contribution in [3.63, 3.8) is 0 Å². The number of nitrogens with one attached hydrogen (secondary N) is 1. The SMILES string of the molecule is O=C(NCc1nccs1)c1ccc(F)c(F)c1F. The van der Waals surface area contributed by atoms with Crippen LogP contribution < -0.4 is 5.32 Å². The summed E-state index contributed by atoms with van der Waals surface area (Å²) < 4.78 is 38.9. The lowest BCUT2D eigenvalue weighted by Gasteiger charge is -2.05. The predicted molar refractivity (Wildman–Crippen MR) is 59.6 cm³/mol. The van der Waals surface area contributed by atoms with E-state index >= 15 is 0 Å². The molecule has 0 saturated carbocycles. The number of carbonyl (C=O) groups excluding carboxylic acids is 1. The van der Waals surface area contributed by atoms with Crippen LogP contribution in [0.4, 0.5) is 13.2 Å². The molecule has 0 aliphatic heterocycles. The fourth-order valence-electron chi connectivity index (χ4n) is 1.29. The maximum Gasteiger partial charge on any atom is 0.254 e. The second-order valence-electron chi connectivity index (χ2n) is 3.33. The van der Waals surface area contributed by atoms with E-state index in [1.165, 1.54) is 11.3 Å². The van der Waals surface area contributed by atoms with Crippen molar-refractivity contribution in [2.24, 2.45) is 0 Å². The van der Waals surface area contributed by atoms with Crippen LogP contribution in [-0.2, 0) is 6.54 Å². The van der Waals surface area contributed by atoms with E-state index in [1.807, 2.05) is 0 Å². The van der Waals surface area contributed by atoms with Gasteiger partial charge in [0.15, 0.2) is 17.5 Å². The summed E-state index contributed by atoms with van der Waals surface area (Å²) in [6.45, 7) is 0.106. The van der Waals surface area contributed by atoms with Gasteiger partial charge in [0.05, 0.1) is 12.1 Å². The van der Waals surface area contributed by atoms with Crippen molar-refractivity contribution in [3.8, 4) is 0 Å². The molecule has 94 valence electrons. The smallest absolute Gasteiger partial charge is 0.254 e. The highest BCUT2D eigenvalue weighted by Gasteiger charge is 2.18. The zero-order chi connectivity index (χ0) is 13.1. The molecule has 0 fully saturated rings. The first-order chi connectivity index (χ1) is 8.59. The molecule has 1 heterocycles. The van der Waals surface area contributed by atoms with Crippen LogP contribution in [0, 0.1) is 17.5 Å². The lowest BCUT2D eigenvalue weighted by molar-refractivity contribution is 0.0945. The van der Waals surface area contributed by atoms with Gasteiger partial charge in [0, 0.05) is 11.6 Å². The Kier molecular flexibility index (Phi) is 3.61. The first-order valence-corrected chi connectivity index (χ1v) is 5.77. The van der Waals surface area contributed by atoms with Crippen LogP contribution in [-0.4, -0.2) is 10.9 Å². The van der Waals surface area contributed by atoms with E-state index in [-0.39, 0.29) is 6.54 Å². The van der Waals surface area contributed by atoms with Gasteiger partial charge >= 0.3 is 0 Å². The van der Waals surface area contributed by atoms with Crippen LogP contribution in [0.15, 0.2) is 23.7 Å². The van der Waals surface area contributed by atoms with Gasteiger partial charge in [0.2, 0.25) is 0 Å². The molecule has 3 nitrogen and oxygen atoms in total. The molecular formula is C11H7F3N2OS. The van der Waals surface area contributed by atoms with Crippen molar-refractivity contribution in [1.82, 2.24) is 10.3 Å². The molecule has 0 unspecified atom stereocenters. The quantitative estimate of drug-likeness (QED) is 0.872. The van der Waals surface area contributed by atoms with E-state index in [2.05, 4.69) is 10.3 Å². The van der Waals surface area contributed by atoms with Gasteiger partial charge in [-0.3, -0.25) is 4.79 Å². The summed E-state index contributed by atoms with van der Waals surface area (Å²) in [4.78, 5) is 15.5. The third kappa shape index (κ3) is 2.51. The Morgan fingerprint density at radius 1 is 1.28 bits per heavy atom. The van der Waals surface area contributed by atoms with Gasteiger partial charge in [-0.15, -0.1) is 11.3 Å². The lowest BCUT2D eigenvalue weighted by atomic mass is 10.2. The third-order valence-electron chi connectivity index (χ3n) is 2.16. The minimum Gasteiger partial charge on any atom is -0.345 e. The number of hydrogen-bond donors (Lipinski definition) is 1. The highest BCUT2D eigenvalue weighted by molar-refractivity contribution is 7.09. The van der Waals surface area contributed by atoms with E-state index in [1.54, 1.807) is 11.6 Å². The fourth-order valence-corrected chi connectivity index (χ4v) is 1.85. The second kappa shape index (κ2) is 5.18. The standard InChI is InChI=1S/C11H7F3N2OS/c12-7-2-1-6(9(13)10(7)14)11(17)16-5-8-15-3-4-18-8/h1-4H,5H2,(H,16,17). The summed E-state index contributed by atoms with van der Waals surface area (Å²) in [5, 5.41) is 4.72. The number of amides is 1. The molecule has 0 aliphatic carbocycles. The lowest BCUT2D eigenvalue weighted by Crippen LogP contribution is -2.24. The van der Waals surface area contributed by atoms with Gasteiger partial charge in [0.25, 0.3) is 5.91 Å². The molecule has 1 N–H and O–H groups in total. The minimum atomic E-state index is -1.66. The van der Waals surface area contributed by atoms with Crippen LogP contribution in [0.1, 0.15) is 15.4 Å². The molecule has 7 heteroatoms. The monoisotopic (exact) mass is 272 g/mol. The van der Waals surface area contributed by atoms with E-state index in [4.69, 9.17) is 0 Å². The normalized spacial score (nSPS) is 10.4. The molecule has 0 radical (unpaired) electrons. The summed E-state index contributed by atoms with van der Waals surface area (Å²) in [5.74, 6) is -5.30. The molecule has 0 aliphatic rings. The molecule has 0 saturated heterocycles. The molecule has 18 heavy (non-hydrogen) atoms. The zero-order valence-electron chi connectivity index (χ0n) is 8.91. The van der Waals surface area contributed by atoms with Gasteiger partial charge in [-0.1, -0.05) is 0 Å². The Bertz CT molecular complexity index is 572. The summed E-state index contributed by atoms with van der Waals surface area (Å²) in [5.41, 5.74) is -0.537. The topological polar surface area (TPSA) is 42.0 Å². The van der Waals surface area contributed by atoms with Crippen LogP contribution in [0.2, 0.25) is 0 Å². The van der Waals surface area contributed by atoms with Gasteiger partial charge in [-0.05, 0) is 12.1 Å². The third-order valence-corrected chi connectivity index (χ3v) is 2.94. The molecule has 1 aromatic heterocycles. The van der Waals surface area contributed by atoms with Gasteiger partial charge in [0.1, 0.15) is 5.01 Å². The van der Waals surface area contributed by atoms with Crippen LogP contribution in [0.3, 0.4) is 0 Å². The highest BCUT2D eigenvalue weighted by Crippen LogP contribution is 2.15. The number of carbonyl (C=O) groups is 1. The van der Waals surface area contributed by atoms with Gasteiger partial charge < -0.3 is 5.32 Å². The van der Waals surface area contributed by atoms with Crippen LogP contribution >= 0.6 is 11.3 Å². The first-order valence-electron chi connectivity index (χ1n) is 4.89. The average molecular weight is 272 g/mol. The fraction of sp³-hybridized carbons (Fsp3) is 0.0909. The second-order valence-corrected chi connectivity index (χ2v) is 4.31. The number of halogens is 3. The van der Waals surface area contributed by atoms with Gasteiger partial charge in [-0.2, -0.15) is 0 Å². The molecule has 1 aromatic carbocycles. The van der Waals surface area contributed by atoms with Crippen molar-refractivity contribution in [2.45, 2.75) is 6.54 Å². The van der Waals surface area contributed by atoms with E-state index in [0.717, 1.165) is 6.07 Å². The van der Waals surface area contributed by atoms with E-state index < -0.39 is 28.9 Å². The van der Waals surface area contributed by atoms with E-state index in [9.17, 15) is 18.0 Å². The molecular weight excluding hydrogens is 265 g/mol. The Morgan fingerprint density at radius 3 is 2.72 bits per heavy atom. The Hall–Kier alpha value is -1.89. The number of rotatable bonds is 3. The molecule has 0 bridgehead atoms. The molecule has 1 amide bonds. The Balaban J connectivity index is 2.12. The summed E-state index contributed by atoms with van der Waals surface area (Å²) in [6.07, 6.45) is 1.56. The molecule has 0 atom stereocenters. The van der Waals surface area contributed by atoms with Crippen molar-refractivity contribution in [2.75, 3.05) is 0 Å². The largest absolute Gasteiger partial charge is 0.345 e. The minimum absolute atomic E-state index is 0.106. The van der Waals surface area contributed by atoms with Crippen molar-refractivity contribution in [1.29, 1.82) is 0 Å². The van der Waals surface area contributed by atoms with Crippen LogP contribution in [0.25, 0.3) is 0 Å². The Morgan fingerprint density at radius 2 is 2.06 bits per heavy atom. The van der Waals surface area contributed by atoms with Crippen molar-refractivity contribution < 1.29 is 18.0 Å². The number of benzene rings is 1. The van der Waals surface area contributed by atoms with Crippen LogP contribution in [0.5, 0.6) is 0 Å². The Labute approximate surface area is 104 Å². The predicted octanol–water partition coefficient (Wildman–Crippen LogP) is 2.49. The summed E-state index contributed by atoms with van der Waals surface area (Å²) >= 11 is 1.32. The number of aromatic nitrogens is 1. The van der Waals surface area contributed by atoms with Crippen molar-refractivity contribution in [3.05, 3.63) is 51.7 Å². The number of hydrogen-bond acceptors (Lipinski definition) is 3. The maximum atomic E-state index is 13.3. The number of thiazole rings is 1. The average Bonchev–Trinajstić information content (AvgIpc) is 2.86. The maximum absolute atomic E-state index is 13.3. The zero-order valence-corrected chi connectivity index (χ0v) is 9.73. The molecule has 0 spiro atoms. The highest BCUT2D eigenvalue weighted by atomic mass is 32.1. The van der Waals surface area contributed by atoms with E-state index in [0.29, 0.717) is 11.1 Å². The van der Waals surface area contributed by atoms with Gasteiger partial charge in [-0.25, -0.2) is 18.2 Å². The molecule has 2 rings (SSSR count). The summed E-state index contributed by atoms with van der Waals surface area (Å²) in [7, 11) is 0. The first kappa shape index (κ1) is 12.6. The van der Waals surface area contributed by atoms with Crippen molar-refractivity contribution >= 4 is 17.2 Å². The number of nitrogens with zero attached hydrogens (tertiary/aromatic N) is 1. The summed E-state index contributed by atoms with van der Waals surface area (Å²) in [6, 6.07) is 1.60. The molecule has 2 aromatic rings.